The van der Waals surface area contributed by atoms with E-state index in [2.05, 4.69) is 99.5 Å². The van der Waals surface area contributed by atoms with Gasteiger partial charge in [0.25, 0.3) is 0 Å². The van der Waals surface area contributed by atoms with Crippen LogP contribution in [-0.4, -0.2) is 156 Å². The zero-order valence-electron chi connectivity index (χ0n) is 52.3. The summed E-state index contributed by atoms with van der Waals surface area (Å²) in [7, 11) is 12.3. The molecule has 4 saturated carbocycles. The van der Waals surface area contributed by atoms with Crippen LogP contribution >= 0.6 is 0 Å². The van der Waals surface area contributed by atoms with Gasteiger partial charge in [-0.2, -0.15) is 10.5 Å². The molecule has 14 rings (SSSR count). The van der Waals surface area contributed by atoms with Gasteiger partial charge in [0.1, 0.15) is 35.2 Å². The van der Waals surface area contributed by atoms with E-state index in [1.54, 1.807) is 53.7 Å². The van der Waals surface area contributed by atoms with Crippen molar-refractivity contribution < 1.29 is 23.2 Å². The van der Waals surface area contributed by atoms with Crippen LogP contribution in [0.25, 0.3) is 0 Å². The van der Waals surface area contributed by atoms with Crippen molar-refractivity contribution >= 4 is 41.1 Å². The van der Waals surface area contributed by atoms with Crippen LogP contribution in [-0.2, 0) is 16.6 Å². The predicted octanol–water partition coefficient (Wildman–Crippen LogP) is 9.48. The van der Waals surface area contributed by atoms with Crippen molar-refractivity contribution in [2.75, 3.05) is 101 Å². The van der Waals surface area contributed by atoms with Crippen molar-refractivity contribution in [3.8, 4) is 12.1 Å². The summed E-state index contributed by atoms with van der Waals surface area (Å²) in [6.45, 7) is 10.3. The first-order chi connectivity index (χ1) is 42.5. The normalized spacial score (nSPS) is 27.3. The number of pyridine rings is 2. The fourth-order valence-corrected chi connectivity index (χ4v) is 15.3. The maximum Gasteiger partial charge on any atom is 0.325 e. The van der Waals surface area contributed by atoms with Gasteiger partial charge in [0.15, 0.2) is 0 Å². The van der Waals surface area contributed by atoms with Gasteiger partial charge in [-0.3, -0.25) is 29.4 Å². The number of amides is 6. The highest BCUT2D eigenvalue weighted by atomic mass is 19.1. The van der Waals surface area contributed by atoms with Crippen LogP contribution in [0.2, 0.25) is 0 Å². The third-order valence-electron chi connectivity index (χ3n) is 20.5. The molecule has 4 aliphatic carbocycles. The summed E-state index contributed by atoms with van der Waals surface area (Å²) in [6, 6.07) is 31.5. The Morgan fingerprint density at radius 1 is 0.573 bits per heavy atom. The molecule has 0 unspecified atom stereocenters. The van der Waals surface area contributed by atoms with Crippen molar-refractivity contribution in [2.45, 2.75) is 112 Å². The average molecular weight is 1210 g/mol. The third-order valence-corrected chi connectivity index (χ3v) is 20.5. The number of rotatable bonds is 12. The number of aromatic nitrogens is 4. The zero-order valence-corrected chi connectivity index (χ0v) is 52.3. The van der Waals surface area contributed by atoms with Gasteiger partial charge >= 0.3 is 18.1 Å². The molecule has 0 radical (unpaired) electrons. The number of nitrogens with zero attached hydrogens (tertiary/aromatic N) is 14. The summed E-state index contributed by atoms with van der Waals surface area (Å²) in [4.78, 5) is 72.9. The number of nitriles is 2. The van der Waals surface area contributed by atoms with E-state index in [1.165, 1.54) is 37.0 Å². The van der Waals surface area contributed by atoms with Crippen LogP contribution in [0.15, 0.2) is 110 Å². The molecule has 7 heterocycles. The molecule has 462 valence electrons. The molecule has 3 aromatic heterocycles. The topological polar surface area (TPSA) is 200 Å². The number of nitrogens with one attached hydrogen (secondary N) is 2. The van der Waals surface area contributed by atoms with Crippen molar-refractivity contribution in [2.24, 2.45) is 5.92 Å². The number of aryl methyl sites for hydroxylation is 3. The summed E-state index contributed by atoms with van der Waals surface area (Å²) in [5, 5.41) is 24.6. The fourth-order valence-electron chi connectivity index (χ4n) is 15.3. The van der Waals surface area contributed by atoms with E-state index in [1.807, 2.05) is 89.2 Å². The van der Waals surface area contributed by atoms with Gasteiger partial charge in [0.05, 0.1) is 94.2 Å². The van der Waals surface area contributed by atoms with E-state index in [-0.39, 0.29) is 63.0 Å². The molecular weight excluding hydrogens is 1130 g/mol. The molecule has 0 bridgehead atoms. The number of anilines is 4. The highest BCUT2D eigenvalue weighted by molar-refractivity contribution is 5.98. The summed E-state index contributed by atoms with van der Waals surface area (Å²) >= 11 is 0. The number of urea groups is 3. The lowest BCUT2D eigenvalue weighted by molar-refractivity contribution is -0.0681. The molecule has 3 spiro atoms. The van der Waals surface area contributed by atoms with Gasteiger partial charge in [-0.05, 0) is 191 Å². The minimum Gasteiger partial charge on any atom is -0.341 e. The number of carbonyl (C=O) groups excluding carboxylic acids is 3. The summed E-state index contributed by atoms with van der Waals surface area (Å²) in [6.07, 6.45) is 13.3. The Kier molecular flexibility index (Phi) is 15.5. The van der Waals surface area contributed by atoms with Crippen molar-refractivity contribution in [3.05, 3.63) is 166 Å². The van der Waals surface area contributed by atoms with Crippen LogP contribution in [0, 0.1) is 61.0 Å². The summed E-state index contributed by atoms with van der Waals surface area (Å²) in [5.74, 6) is 0.851. The van der Waals surface area contributed by atoms with E-state index >= 15 is 0 Å². The van der Waals surface area contributed by atoms with Gasteiger partial charge in [0, 0.05) is 19.6 Å². The molecule has 89 heavy (non-hydrogen) atoms. The first kappa shape index (κ1) is 60.6. The highest BCUT2D eigenvalue weighted by Gasteiger charge is 2.66. The smallest absolute Gasteiger partial charge is 0.325 e. The average Bonchev–Trinajstić information content (AvgIpc) is 1.66. The molecule has 3 aromatic carbocycles. The maximum atomic E-state index is 14.1. The monoisotopic (exact) mass is 1200 g/mol. The van der Waals surface area contributed by atoms with E-state index < -0.39 is 0 Å². The Labute approximate surface area is 519 Å². The minimum absolute atomic E-state index is 0.0121. The number of halogens is 2. The van der Waals surface area contributed by atoms with E-state index in [4.69, 9.17) is 10.5 Å². The van der Waals surface area contributed by atoms with Gasteiger partial charge in [-0.25, -0.2) is 43.1 Å². The van der Waals surface area contributed by atoms with Gasteiger partial charge < -0.3 is 20.4 Å². The number of hydrogen-bond acceptors (Lipinski definition) is 13. The summed E-state index contributed by atoms with van der Waals surface area (Å²) in [5.41, 5.74) is 7.18. The van der Waals surface area contributed by atoms with Crippen LogP contribution in [0.5, 0.6) is 0 Å². The molecule has 8 fully saturated rings. The van der Waals surface area contributed by atoms with Crippen molar-refractivity contribution in [1.29, 1.82) is 10.5 Å². The standard InChI is InChI=1S/C25H28FN5O.C22H28N6O.C21H22FN5O/c1-17-9-21(11-27)28-12-22(17)30-16-24(31(23(30)32)13-18-7-8-18)14-25(15-24,29(2)3)19-5-4-6-20(26)10-19;1-16-18(12-23-19(24-16)27-10-7-11-27)28-15-21(25-20(28)29)13-22(14-21,26(2)3)17-8-5-4-6-9-17;1-14-7-17(9-23)24-10-18(14)27-13-20(25-19(27)28)11-21(12-20,26(2)3)15-5-4-6-16(22)8-15/h4-6,9-10,12,18H,7-8,13-16H2,1-3H3;4-6,8-9,12H,7,10-11,13-15H2,1-3H3,(H,25,29);4-8,10H,11-13H2,1-3H3,(H,25,28). The Bertz CT molecular complexity index is 3820. The number of hydrogen-bond donors (Lipinski definition) is 2. The predicted molar refractivity (Wildman–Crippen MR) is 336 cm³/mol. The molecule has 19 nitrogen and oxygen atoms in total. The second kappa shape index (κ2) is 22.8. The Morgan fingerprint density at radius 3 is 1.47 bits per heavy atom. The van der Waals surface area contributed by atoms with Crippen LogP contribution in [0.3, 0.4) is 0 Å². The summed E-state index contributed by atoms with van der Waals surface area (Å²) < 4.78 is 27.9. The molecule has 2 N–H and O–H groups in total. The lowest BCUT2D eigenvalue weighted by atomic mass is 9.58. The SMILES string of the molecule is Cc1cc(C#N)ncc1N1CC2(CC(c3cccc(F)c3)(N(C)C)C2)N(CC2CC2)C1=O.Cc1cc(C#N)ncc1N1CC2(CC(c3cccc(F)c3)(N(C)C)C2)NC1=O.Cc1nc(N2CCC2)ncc1N1CC2(CC(c3ccccc3)(N(C)C)C2)NC1=O. The Morgan fingerprint density at radius 2 is 1.03 bits per heavy atom. The second-order valence-electron chi connectivity index (χ2n) is 26.9. The fraction of sp³-hybridized carbons (Fsp3) is 0.456. The van der Waals surface area contributed by atoms with Crippen LogP contribution < -0.4 is 30.2 Å². The van der Waals surface area contributed by atoms with Gasteiger partial charge in [-0.15, -0.1) is 0 Å². The van der Waals surface area contributed by atoms with Gasteiger partial charge in [-0.1, -0.05) is 54.6 Å². The van der Waals surface area contributed by atoms with E-state index in [9.17, 15) is 23.2 Å². The van der Waals surface area contributed by atoms with E-state index in [0.29, 0.717) is 55.5 Å². The maximum absolute atomic E-state index is 14.1. The molecule has 6 aromatic rings. The molecule has 0 atom stereocenters. The quantitative estimate of drug-likeness (QED) is 0.118. The third kappa shape index (κ3) is 10.7. The van der Waals surface area contributed by atoms with E-state index in [0.717, 1.165) is 90.6 Å². The first-order valence-electron chi connectivity index (χ1n) is 30.7. The zero-order chi connectivity index (χ0) is 63.0. The van der Waals surface area contributed by atoms with Crippen molar-refractivity contribution in [3.63, 3.8) is 0 Å². The van der Waals surface area contributed by atoms with Gasteiger partial charge in [0.2, 0.25) is 5.95 Å². The number of carbonyl (C=O) groups is 3. The van der Waals surface area contributed by atoms with Crippen LogP contribution in [0.4, 0.5) is 46.2 Å². The molecule has 4 saturated heterocycles. The second-order valence-corrected chi connectivity index (χ2v) is 26.9. The Balaban J connectivity index is 0.000000130. The highest BCUT2D eigenvalue weighted by Crippen LogP contribution is 2.59. The lowest BCUT2D eigenvalue weighted by Gasteiger charge is -2.60. The number of benzene rings is 3. The van der Waals surface area contributed by atoms with Crippen LogP contribution in [0.1, 0.15) is 103 Å². The Hall–Kier alpha value is -8.63. The molecular formula is C68H78F2N16O3. The largest absolute Gasteiger partial charge is 0.341 e. The lowest BCUT2D eigenvalue weighted by Crippen LogP contribution is -2.67. The molecule has 6 amide bonds. The first-order valence-corrected chi connectivity index (χ1v) is 30.7. The molecule has 21 heteroatoms. The molecule has 8 aliphatic rings. The van der Waals surface area contributed by atoms with Crippen molar-refractivity contribution in [1.82, 2.24) is 50.2 Å². The molecule has 4 aliphatic heterocycles. The minimum atomic E-state index is -0.367.